The van der Waals surface area contributed by atoms with Gasteiger partial charge in [-0.3, -0.25) is 0 Å². The third-order valence-corrected chi connectivity index (χ3v) is 2.69. The van der Waals surface area contributed by atoms with Gasteiger partial charge in [0.05, 0.1) is 8.59 Å². The largest absolute Gasteiger partial charge is 0.264 e. The highest BCUT2D eigenvalue weighted by Crippen LogP contribution is 2.29. The zero-order valence-corrected chi connectivity index (χ0v) is 8.54. The lowest BCUT2D eigenvalue weighted by Crippen LogP contribution is -1.93. The van der Waals surface area contributed by atoms with E-state index in [-0.39, 0.29) is 14.2 Å². The van der Waals surface area contributed by atoms with Gasteiger partial charge in [-0.25, -0.2) is 13.2 Å². The zero-order valence-electron chi connectivity index (χ0n) is 5.62. The fourth-order valence-electron chi connectivity index (χ4n) is 0.709. The van der Waals surface area contributed by atoms with E-state index in [1.165, 1.54) is 22.6 Å². The Morgan fingerprint density at radius 1 is 1.33 bits per heavy atom. The molecule has 0 bridgehead atoms. The lowest BCUT2D eigenvalue weighted by atomic mass is 10.2. The van der Waals surface area contributed by atoms with Gasteiger partial charge in [0.25, 0.3) is 6.43 Å². The lowest BCUT2D eigenvalue weighted by Gasteiger charge is -2.04. The standard InChI is InChI=1S/C7H3ClF3I/c8-4-2-1-3(7(10)11)6(12)5(4)9/h1-2,7H. The Morgan fingerprint density at radius 2 is 1.92 bits per heavy atom. The Balaban J connectivity index is 3.27. The van der Waals surface area contributed by atoms with Crippen molar-refractivity contribution in [2.45, 2.75) is 6.43 Å². The third-order valence-electron chi connectivity index (χ3n) is 1.30. The van der Waals surface area contributed by atoms with E-state index in [2.05, 4.69) is 0 Å². The molecule has 0 nitrogen and oxygen atoms in total. The second-order valence-corrected chi connectivity index (χ2v) is 3.55. The molecule has 0 radical (unpaired) electrons. The molecule has 5 heteroatoms. The van der Waals surface area contributed by atoms with Crippen molar-refractivity contribution in [3.63, 3.8) is 0 Å². The number of rotatable bonds is 1. The van der Waals surface area contributed by atoms with Crippen LogP contribution in [0.1, 0.15) is 12.0 Å². The first kappa shape index (κ1) is 10.1. The minimum atomic E-state index is -2.66. The summed E-state index contributed by atoms with van der Waals surface area (Å²) in [5.41, 5.74) is -0.322. The summed E-state index contributed by atoms with van der Waals surface area (Å²) in [6, 6.07) is 2.25. The average Bonchev–Trinajstić information content (AvgIpc) is 2.00. The van der Waals surface area contributed by atoms with Crippen LogP contribution >= 0.6 is 34.2 Å². The fourth-order valence-corrected chi connectivity index (χ4v) is 1.73. The first-order valence-corrected chi connectivity index (χ1v) is 4.41. The average molecular weight is 306 g/mol. The molecule has 0 unspecified atom stereocenters. The summed E-state index contributed by atoms with van der Waals surface area (Å²) in [5.74, 6) is -0.782. The van der Waals surface area contributed by atoms with Crippen molar-refractivity contribution < 1.29 is 13.2 Å². The summed E-state index contributed by atoms with van der Waals surface area (Å²) in [6.07, 6.45) is -2.66. The molecular weight excluding hydrogens is 303 g/mol. The maximum absolute atomic E-state index is 12.9. The van der Waals surface area contributed by atoms with Crippen LogP contribution in [-0.2, 0) is 0 Å². The highest BCUT2D eigenvalue weighted by molar-refractivity contribution is 14.1. The van der Waals surface area contributed by atoms with Crippen molar-refractivity contribution in [3.05, 3.63) is 32.1 Å². The first-order chi connectivity index (χ1) is 5.54. The molecule has 0 spiro atoms. The highest BCUT2D eigenvalue weighted by atomic mass is 127. The van der Waals surface area contributed by atoms with Crippen LogP contribution in [0.25, 0.3) is 0 Å². The molecule has 0 aliphatic carbocycles. The summed E-state index contributed by atoms with van der Waals surface area (Å²) < 4.78 is 37.0. The summed E-state index contributed by atoms with van der Waals surface area (Å²) in [4.78, 5) is 0. The van der Waals surface area contributed by atoms with Gasteiger partial charge in [0, 0.05) is 5.56 Å². The number of halogens is 5. The van der Waals surface area contributed by atoms with Crippen LogP contribution in [-0.4, -0.2) is 0 Å². The van der Waals surface area contributed by atoms with Crippen LogP contribution in [0.5, 0.6) is 0 Å². The quantitative estimate of drug-likeness (QED) is 0.543. The Kier molecular flexibility index (Phi) is 3.22. The van der Waals surface area contributed by atoms with Crippen LogP contribution in [0.3, 0.4) is 0 Å². The molecule has 1 aromatic carbocycles. The Hall–Kier alpha value is 0.0300. The minimum Gasteiger partial charge on any atom is -0.205 e. The van der Waals surface area contributed by atoms with Crippen LogP contribution < -0.4 is 0 Å². The maximum atomic E-state index is 12.9. The number of hydrogen-bond acceptors (Lipinski definition) is 0. The van der Waals surface area contributed by atoms with Gasteiger partial charge in [0.1, 0.15) is 0 Å². The summed E-state index contributed by atoms with van der Waals surface area (Å²) >= 11 is 6.87. The molecule has 0 aliphatic heterocycles. The Bertz CT molecular complexity index is 301. The molecule has 0 atom stereocenters. The van der Waals surface area contributed by atoms with Crippen LogP contribution in [0.4, 0.5) is 13.2 Å². The molecule has 0 heterocycles. The lowest BCUT2D eigenvalue weighted by molar-refractivity contribution is 0.150. The van der Waals surface area contributed by atoms with Gasteiger partial charge in [0.2, 0.25) is 0 Å². The van der Waals surface area contributed by atoms with E-state index in [4.69, 9.17) is 11.6 Å². The molecule has 0 aliphatic rings. The van der Waals surface area contributed by atoms with Crippen LogP contribution in [0.2, 0.25) is 5.02 Å². The SMILES string of the molecule is Fc1c(Cl)ccc(C(F)F)c1I. The Morgan fingerprint density at radius 3 is 2.42 bits per heavy atom. The van der Waals surface area contributed by atoms with Crippen molar-refractivity contribution in [2.24, 2.45) is 0 Å². The summed E-state index contributed by atoms with van der Waals surface area (Å²) in [5, 5.41) is -0.135. The molecule has 1 rings (SSSR count). The molecule has 0 N–H and O–H groups in total. The van der Waals surface area contributed by atoms with E-state index in [1.54, 1.807) is 0 Å². The fraction of sp³-hybridized carbons (Fsp3) is 0.143. The zero-order chi connectivity index (χ0) is 9.30. The summed E-state index contributed by atoms with van der Waals surface area (Å²) in [7, 11) is 0. The summed E-state index contributed by atoms with van der Waals surface area (Å²) in [6.45, 7) is 0. The van der Waals surface area contributed by atoms with Gasteiger partial charge in [0.15, 0.2) is 5.82 Å². The second-order valence-electron chi connectivity index (χ2n) is 2.07. The van der Waals surface area contributed by atoms with Crippen molar-refractivity contribution in [1.82, 2.24) is 0 Å². The van der Waals surface area contributed by atoms with Crippen molar-refractivity contribution in [3.8, 4) is 0 Å². The van der Waals surface area contributed by atoms with E-state index in [0.717, 1.165) is 12.1 Å². The van der Waals surface area contributed by atoms with Gasteiger partial charge >= 0.3 is 0 Å². The molecule has 0 amide bonds. The van der Waals surface area contributed by atoms with Crippen LogP contribution in [0.15, 0.2) is 12.1 Å². The monoisotopic (exact) mass is 306 g/mol. The molecule has 12 heavy (non-hydrogen) atoms. The molecule has 0 fully saturated rings. The van der Waals surface area contributed by atoms with Gasteiger partial charge in [-0.1, -0.05) is 17.7 Å². The molecule has 66 valence electrons. The molecule has 0 saturated carbocycles. The highest BCUT2D eigenvalue weighted by Gasteiger charge is 2.16. The van der Waals surface area contributed by atoms with Gasteiger partial charge in [-0.15, -0.1) is 0 Å². The van der Waals surface area contributed by atoms with E-state index in [9.17, 15) is 13.2 Å². The molecular formula is C7H3ClF3I. The first-order valence-electron chi connectivity index (χ1n) is 2.95. The van der Waals surface area contributed by atoms with Crippen molar-refractivity contribution in [1.29, 1.82) is 0 Å². The third kappa shape index (κ3) is 1.85. The van der Waals surface area contributed by atoms with E-state index in [1.807, 2.05) is 0 Å². The van der Waals surface area contributed by atoms with E-state index in [0.29, 0.717) is 0 Å². The molecule has 0 aromatic heterocycles. The molecule has 0 saturated heterocycles. The topological polar surface area (TPSA) is 0 Å². The predicted octanol–water partition coefficient (Wildman–Crippen LogP) is 4.02. The minimum absolute atomic E-state index is 0.116. The number of benzene rings is 1. The smallest absolute Gasteiger partial charge is 0.205 e. The predicted molar refractivity (Wildman–Crippen MR) is 49.1 cm³/mol. The second kappa shape index (κ2) is 3.83. The van der Waals surface area contributed by atoms with Gasteiger partial charge < -0.3 is 0 Å². The van der Waals surface area contributed by atoms with Crippen LogP contribution in [0, 0.1) is 9.39 Å². The van der Waals surface area contributed by atoms with E-state index < -0.39 is 12.2 Å². The number of alkyl halides is 2. The number of hydrogen-bond donors (Lipinski definition) is 0. The van der Waals surface area contributed by atoms with Gasteiger partial charge in [-0.2, -0.15) is 0 Å². The van der Waals surface area contributed by atoms with Crippen molar-refractivity contribution in [2.75, 3.05) is 0 Å². The van der Waals surface area contributed by atoms with E-state index >= 15 is 0 Å². The normalized spacial score (nSPS) is 10.8. The Labute approximate surface area is 85.9 Å². The van der Waals surface area contributed by atoms with Crippen molar-refractivity contribution >= 4 is 34.2 Å². The van der Waals surface area contributed by atoms with Gasteiger partial charge in [-0.05, 0) is 28.7 Å². The molecule has 1 aromatic rings. The maximum Gasteiger partial charge on any atom is 0.264 e.